The molecule has 1 aliphatic heterocycles. The van der Waals surface area contributed by atoms with Gasteiger partial charge in [-0.25, -0.2) is 4.79 Å². The van der Waals surface area contributed by atoms with Gasteiger partial charge >= 0.3 is 5.97 Å². The van der Waals surface area contributed by atoms with Crippen LogP contribution in [0.1, 0.15) is 24.0 Å². The molecule has 5 heteroatoms. The molecule has 5 nitrogen and oxygen atoms in total. The molecule has 0 saturated carbocycles. The number of carbonyl (C=O) groups is 1. The minimum Gasteiger partial charge on any atom is -0.480 e. The summed E-state index contributed by atoms with van der Waals surface area (Å²) in [6.07, 6.45) is 1.75. The lowest BCUT2D eigenvalue weighted by atomic mass is 10.1. The molecule has 0 atom stereocenters. The highest BCUT2D eigenvalue weighted by Gasteiger charge is 2.20. The topological polar surface area (TPSA) is 73.6 Å². The summed E-state index contributed by atoms with van der Waals surface area (Å²) in [5.74, 6) is -0.916. The molecule has 1 aromatic rings. The molecule has 0 aromatic heterocycles. The Morgan fingerprint density at radius 3 is 2.85 bits per heavy atom. The Morgan fingerprint density at radius 1 is 1.45 bits per heavy atom. The molecule has 1 N–H and O–H groups in total. The van der Waals surface area contributed by atoms with Gasteiger partial charge in [0.1, 0.15) is 6.61 Å². The average Bonchev–Trinajstić information content (AvgIpc) is 2.47. The second kappa shape index (κ2) is 7.04. The van der Waals surface area contributed by atoms with E-state index in [1.54, 1.807) is 6.07 Å². The summed E-state index contributed by atoms with van der Waals surface area (Å²) in [5, 5.41) is 17.5. The molecule has 1 aliphatic rings. The Morgan fingerprint density at radius 2 is 2.20 bits per heavy atom. The molecule has 1 saturated heterocycles. The molecule has 2 rings (SSSR count). The number of carboxylic acid groups (broad SMARTS) is 1. The van der Waals surface area contributed by atoms with Crippen LogP contribution in [-0.2, 0) is 16.1 Å². The van der Waals surface area contributed by atoms with Gasteiger partial charge < -0.3 is 9.84 Å². The molecule has 106 valence electrons. The van der Waals surface area contributed by atoms with Crippen LogP contribution < -0.4 is 0 Å². The smallest absolute Gasteiger partial charge is 0.329 e. The van der Waals surface area contributed by atoms with Crippen molar-refractivity contribution < 1.29 is 14.6 Å². The number of nitrogens with zero attached hydrogens (tertiary/aromatic N) is 2. The van der Waals surface area contributed by atoms with Gasteiger partial charge in [-0.2, -0.15) is 5.26 Å². The first kappa shape index (κ1) is 14.5. The molecular formula is C15H18N2O3. The molecule has 0 bridgehead atoms. The highest BCUT2D eigenvalue weighted by atomic mass is 16.5. The minimum atomic E-state index is -0.916. The summed E-state index contributed by atoms with van der Waals surface area (Å²) < 4.78 is 5.31. The van der Waals surface area contributed by atoms with E-state index in [9.17, 15) is 4.79 Å². The van der Waals surface area contributed by atoms with Gasteiger partial charge in [-0.3, -0.25) is 4.90 Å². The SMILES string of the molecule is N#Cc1cccc(CN2CCC(OCC(=O)O)CC2)c1. The zero-order valence-electron chi connectivity index (χ0n) is 11.3. The van der Waals surface area contributed by atoms with E-state index < -0.39 is 5.97 Å². The lowest BCUT2D eigenvalue weighted by molar-refractivity contribution is -0.145. The van der Waals surface area contributed by atoms with Crippen molar-refractivity contribution in [2.24, 2.45) is 0 Å². The highest BCUT2D eigenvalue weighted by molar-refractivity contribution is 5.68. The number of aliphatic carboxylic acids is 1. The summed E-state index contributed by atoms with van der Waals surface area (Å²) >= 11 is 0. The first-order chi connectivity index (χ1) is 9.67. The number of carboxylic acids is 1. The quantitative estimate of drug-likeness (QED) is 0.883. The Labute approximate surface area is 118 Å². The molecule has 1 heterocycles. The van der Waals surface area contributed by atoms with Gasteiger partial charge in [-0.1, -0.05) is 12.1 Å². The van der Waals surface area contributed by atoms with Gasteiger partial charge in [0.05, 0.1) is 17.7 Å². The molecule has 0 spiro atoms. The van der Waals surface area contributed by atoms with E-state index in [2.05, 4.69) is 11.0 Å². The van der Waals surface area contributed by atoms with Gasteiger partial charge in [0.25, 0.3) is 0 Å². The maximum Gasteiger partial charge on any atom is 0.329 e. The van der Waals surface area contributed by atoms with E-state index in [4.69, 9.17) is 15.1 Å². The minimum absolute atomic E-state index is 0.0489. The van der Waals surface area contributed by atoms with Crippen LogP contribution >= 0.6 is 0 Å². The van der Waals surface area contributed by atoms with E-state index in [1.165, 1.54) is 0 Å². The molecule has 0 unspecified atom stereocenters. The Balaban J connectivity index is 1.79. The normalized spacial score (nSPS) is 16.8. The fourth-order valence-corrected chi connectivity index (χ4v) is 2.42. The highest BCUT2D eigenvalue weighted by Crippen LogP contribution is 2.16. The van der Waals surface area contributed by atoms with Crippen LogP contribution in [0.4, 0.5) is 0 Å². The lowest BCUT2D eigenvalue weighted by Gasteiger charge is -2.31. The van der Waals surface area contributed by atoms with E-state index in [1.807, 2.05) is 18.2 Å². The average molecular weight is 274 g/mol. The van der Waals surface area contributed by atoms with Crippen molar-refractivity contribution in [1.29, 1.82) is 5.26 Å². The summed E-state index contributed by atoms with van der Waals surface area (Å²) in [6, 6.07) is 9.78. The zero-order valence-corrected chi connectivity index (χ0v) is 11.3. The van der Waals surface area contributed by atoms with Gasteiger partial charge in [0.15, 0.2) is 0 Å². The Hall–Kier alpha value is -1.90. The Kier molecular flexibility index (Phi) is 5.10. The monoisotopic (exact) mass is 274 g/mol. The number of piperidine rings is 1. The zero-order chi connectivity index (χ0) is 14.4. The largest absolute Gasteiger partial charge is 0.480 e. The Bertz CT molecular complexity index is 502. The van der Waals surface area contributed by atoms with E-state index in [0.717, 1.165) is 38.0 Å². The number of rotatable bonds is 5. The van der Waals surface area contributed by atoms with E-state index >= 15 is 0 Å². The summed E-state index contributed by atoms with van der Waals surface area (Å²) in [5.41, 5.74) is 1.82. The number of nitriles is 1. The molecule has 1 aromatic carbocycles. The van der Waals surface area contributed by atoms with Gasteiger partial charge in [0, 0.05) is 19.6 Å². The van der Waals surface area contributed by atoms with Gasteiger partial charge in [-0.15, -0.1) is 0 Å². The van der Waals surface area contributed by atoms with Crippen molar-refractivity contribution in [3.63, 3.8) is 0 Å². The maximum atomic E-state index is 10.4. The summed E-state index contributed by atoms with van der Waals surface area (Å²) in [7, 11) is 0. The van der Waals surface area contributed by atoms with Crippen LogP contribution in [-0.4, -0.2) is 41.8 Å². The second-order valence-electron chi connectivity index (χ2n) is 4.99. The van der Waals surface area contributed by atoms with Crippen molar-refractivity contribution in [2.45, 2.75) is 25.5 Å². The van der Waals surface area contributed by atoms with Crippen LogP contribution in [0.15, 0.2) is 24.3 Å². The van der Waals surface area contributed by atoms with Gasteiger partial charge in [-0.05, 0) is 30.5 Å². The first-order valence-corrected chi connectivity index (χ1v) is 6.72. The summed E-state index contributed by atoms with van der Waals surface area (Å²) in [6.45, 7) is 2.39. The molecule has 0 aliphatic carbocycles. The molecular weight excluding hydrogens is 256 g/mol. The van der Waals surface area contributed by atoms with Gasteiger partial charge in [0.2, 0.25) is 0 Å². The number of hydrogen-bond donors (Lipinski definition) is 1. The van der Waals surface area contributed by atoms with Crippen molar-refractivity contribution in [3.8, 4) is 6.07 Å². The van der Waals surface area contributed by atoms with Crippen molar-refractivity contribution in [1.82, 2.24) is 4.90 Å². The number of ether oxygens (including phenoxy) is 1. The molecule has 20 heavy (non-hydrogen) atoms. The summed E-state index contributed by atoms with van der Waals surface area (Å²) in [4.78, 5) is 12.7. The van der Waals surface area contributed by atoms with Crippen LogP contribution in [0.5, 0.6) is 0 Å². The predicted molar refractivity (Wildman–Crippen MR) is 73.0 cm³/mol. The fraction of sp³-hybridized carbons (Fsp3) is 0.467. The fourth-order valence-electron chi connectivity index (χ4n) is 2.42. The second-order valence-corrected chi connectivity index (χ2v) is 4.99. The van der Waals surface area contributed by atoms with E-state index in [0.29, 0.717) is 5.56 Å². The van der Waals surface area contributed by atoms with Crippen molar-refractivity contribution in [3.05, 3.63) is 35.4 Å². The standard InChI is InChI=1S/C15H18N2O3/c16-9-12-2-1-3-13(8-12)10-17-6-4-14(5-7-17)20-11-15(18)19/h1-3,8,14H,4-7,10-11H2,(H,18,19). The van der Waals surface area contributed by atoms with Crippen LogP contribution in [0.3, 0.4) is 0 Å². The van der Waals surface area contributed by atoms with Crippen LogP contribution in [0, 0.1) is 11.3 Å². The van der Waals surface area contributed by atoms with Crippen LogP contribution in [0.25, 0.3) is 0 Å². The molecule has 0 amide bonds. The molecule has 0 radical (unpaired) electrons. The van der Waals surface area contributed by atoms with Crippen molar-refractivity contribution in [2.75, 3.05) is 19.7 Å². The first-order valence-electron chi connectivity index (χ1n) is 6.72. The van der Waals surface area contributed by atoms with Crippen LogP contribution in [0.2, 0.25) is 0 Å². The third-order valence-electron chi connectivity index (χ3n) is 3.44. The van der Waals surface area contributed by atoms with E-state index in [-0.39, 0.29) is 12.7 Å². The third-order valence-corrected chi connectivity index (χ3v) is 3.44. The maximum absolute atomic E-state index is 10.4. The lowest BCUT2D eigenvalue weighted by Crippen LogP contribution is -2.37. The van der Waals surface area contributed by atoms with Crippen molar-refractivity contribution >= 4 is 5.97 Å². The number of benzene rings is 1. The third kappa shape index (κ3) is 4.34. The molecule has 1 fully saturated rings. The number of hydrogen-bond acceptors (Lipinski definition) is 4. The predicted octanol–water partition coefficient (Wildman–Crippen LogP) is 1.62. The number of likely N-dealkylation sites (tertiary alicyclic amines) is 1.